The highest BCUT2D eigenvalue weighted by atomic mass is 127. The monoisotopic (exact) mass is 447 g/mol. The topological polar surface area (TPSA) is 96.0 Å². The maximum absolute atomic E-state index is 12.4. The number of likely N-dealkylation sites (N-methyl/N-ethyl adjacent to an activating group) is 1. The number of carbonyl (C=O) groups excluding carboxylic acids is 1. The number of aromatic hydroxyl groups is 1. The highest BCUT2D eigenvalue weighted by molar-refractivity contribution is 14.1. The molecule has 1 heterocycles. The Hall–Kier alpha value is -1.62. The van der Waals surface area contributed by atoms with Crippen molar-refractivity contribution in [3.05, 3.63) is 36.3 Å². The molecule has 1 aromatic rings. The summed E-state index contributed by atoms with van der Waals surface area (Å²) in [5, 5.41) is 21.7. The molecule has 0 radical (unpaired) electrons. The van der Waals surface area contributed by atoms with Gasteiger partial charge in [0.1, 0.15) is 5.75 Å². The lowest BCUT2D eigenvalue weighted by molar-refractivity contribution is -0.385. The van der Waals surface area contributed by atoms with Crippen LogP contribution in [0.15, 0.2) is 22.0 Å². The number of amides is 1. The first-order valence-electron chi connectivity index (χ1n) is 6.81. The van der Waals surface area contributed by atoms with Gasteiger partial charge in [0, 0.05) is 30.8 Å². The summed E-state index contributed by atoms with van der Waals surface area (Å²) in [7, 11) is 0. The fourth-order valence-electron chi connectivity index (χ4n) is 2.00. The molecule has 1 N–H and O–H groups in total. The van der Waals surface area contributed by atoms with E-state index in [0.717, 1.165) is 0 Å². The Balaban J connectivity index is 2.48. The average molecular weight is 447 g/mol. The number of amidine groups is 1. The number of hydrogen-bond acceptors (Lipinski definition) is 6. The Morgan fingerprint density at radius 2 is 2.17 bits per heavy atom. The van der Waals surface area contributed by atoms with Gasteiger partial charge in [-0.25, -0.2) is 0 Å². The molecule has 23 heavy (non-hydrogen) atoms. The first-order valence-corrected chi connectivity index (χ1v) is 8.71. The zero-order valence-electron chi connectivity index (χ0n) is 12.4. The normalized spacial score (nSPS) is 18.2. The third-order valence-corrected chi connectivity index (χ3v) is 4.94. The molecule has 7 nitrogen and oxygen atoms in total. The molecule has 1 amide bonds. The summed E-state index contributed by atoms with van der Waals surface area (Å²) < 4.78 is 0.355. The van der Waals surface area contributed by atoms with Crippen molar-refractivity contribution in [3.8, 4) is 5.75 Å². The van der Waals surface area contributed by atoms with Gasteiger partial charge in [0.05, 0.1) is 13.4 Å². The van der Waals surface area contributed by atoms with Crippen LogP contribution in [0.25, 0.3) is 6.08 Å². The first-order chi connectivity index (χ1) is 10.9. The standard InChI is InChI=1S/C14H14IN3O4S/c1-3-16-14-17(4-2)13(20)11(23-14)6-8-5-9(18(21)22)7-10(15)12(8)19/h5-7,19H,3-4H2,1-2H3/b11-6-,16-14?. The lowest BCUT2D eigenvalue weighted by atomic mass is 10.1. The van der Waals surface area contributed by atoms with Crippen LogP contribution in [0.1, 0.15) is 19.4 Å². The lowest BCUT2D eigenvalue weighted by Crippen LogP contribution is -2.28. The van der Waals surface area contributed by atoms with Gasteiger partial charge in [-0.05, 0) is 54.3 Å². The number of thioether (sulfide) groups is 1. The summed E-state index contributed by atoms with van der Waals surface area (Å²) >= 11 is 3.02. The second-order valence-electron chi connectivity index (χ2n) is 4.54. The Morgan fingerprint density at radius 1 is 1.48 bits per heavy atom. The van der Waals surface area contributed by atoms with Crippen LogP contribution in [0.2, 0.25) is 0 Å². The number of benzene rings is 1. The molecule has 0 atom stereocenters. The number of phenolic OH excluding ortho intramolecular Hbond substituents is 1. The lowest BCUT2D eigenvalue weighted by Gasteiger charge is -2.11. The van der Waals surface area contributed by atoms with Crippen LogP contribution in [0.5, 0.6) is 5.75 Å². The van der Waals surface area contributed by atoms with Crippen molar-refractivity contribution in [2.45, 2.75) is 13.8 Å². The summed E-state index contributed by atoms with van der Waals surface area (Å²) in [6.07, 6.45) is 1.47. The molecule has 1 saturated heterocycles. The second kappa shape index (κ2) is 7.30. The van der Waals surface area contributed by atoms with E-state index in [2.05, 4.69) is 4.99 Å². The number of nitro benzene ring substituents is 1. The second-order valence-corrected chi connectivity index (χ2v) is 6.71. The summed E-state index contributed by atoms with van der Waals surface area (Å²) in [5.74, 6) is -0.299. The summed E-state index contributed by atoms with van der Waals surface area (Å²) in [6, 6.07) is 2.54. The summed E-state index contributed by atoms with van der Waals surface area (Å²) in [4.78, 5) is 29.0. The third-order valence-electron chi connectivity index (χ3n) is 3.07. The Bertz CT molecular complexity index is 733. The number of rotatable bonds is 4. The van der Waals surface area contributed by atoms with E-state index in [1.54, 1.807) is 4.90 Å². The maximum atomic E-state index is 12.4. The molecule has 0 spiro atoms. The van der Waals surface area contributed by atoms with Crippen molar-refractivity contribution in [2.75, 3.05) is 13.1 Å². The zero-order chi connectivity index (χ0) is 17.1. The van der Waals surface area contributed by atoms with Crippen LogP contribution >= 0.6 is 34.4 Å². The number of phenols is 1. The van der Waals surface area contributed by atoms with Gasteiger partial charge in [0.15, 0.2) is 5.17 Å². The number of non-ortho nitro benzene ring substituents is 1. The molecule has 1 aromatic carbocycles. The largest absolute Gasteiger partial charge is 0.506 e. The number of aliphatic imine (C=N–C) groups is 1. The minimum atomic E-state index is -0.532. The zero-order valence-corrected chi connectivity index (χ0v) is 15.4. The van der Waals surface area contributed by atoms with Gasteiger partial charge in [-0.1, -0.05) is 0 Å². The van der Waals surface area contributed by atoms with Gasteiger partial charge < -0.3 is 5.11 Å². The van der Waals surface area contributed by atoms with E-state index in [0.29, 0.717) is 26.7 Å². The van der Waals surface area contributed by atoms with Gasteiger partial charge in [-0.3, -0.25) is 24.8 Å². The Kier molecular flexibility index (Phi) is 5.63. The molecule has 122 valence electrons. The van der Waals surface area contributed by atoms with E-state index < -0.39 is 4.92 Å². The van der Waals surface area contributed by atoms with Crippen LogP contribution in [0.3, 0.4) is 0 Å². The molecule has 0 aromatic heterocycles. The van der Waals surface area contributed by atoms with Crippen LogP contribution < -0.4 is 0 Å². The van der Waals surface area contributed by atoms with Crippen molar-refractivity contribution >= 4 is 57.2 Å². The van der Waals surface area contributed by atoms with E-state index in [1.807, 2.05) is 36.4 Å². The smallest absolute Gasteiger partial charge is 0.271 e. The Morgan fingerprint density at radius 3 is 2.74 bits per heavy atom. The number of hydrogen-bond donors (Lipinski definition) is 1. The Labute approximate surface area is 150 Å². The fraction of sp³-hybridized carbons (Fsp3) is 0.286. The van der Waals surface area contributed by atoms with Crippen molar-refractivity contribution in [2.24, 2.45) is 4.99 Å². The predicted molar refractivity (Wildman–Crippen MR) is 98.4 cm³/mol. The molecule has 2 rings (SSSR count). The molecule has 0 saturated carbocycles. The number of nitrogens with zero attached hydrogens (tertiary/aromatic N) is 3. The van der Waals surface area contributed by atoms with Crippen molar-refractivity contribution in [3.63, 3.8) is 0 Å². The quantitative estimate of drug-likeness (QED) is 0.331. The molecule has 0 bridgehead atoms. The average Bonchev–Trinajstić information content (AvgIpc) is 2.79. The first kappa shape index (κ1) is 17.7. The molecular weight excluding hydrogens is 433 g/mol. The number of nitro groups is 1. The minimum Gasteiger partial charge on any atom is -0.506 e. The van der Waals surface area contributed by atoms with Crippen LogP contribution in [0.4, 0.5) is 5.69 Å². The molecule has 1 aliphatic heterocycles. The van der Waals surface area contributed by atoms with E-state index in [4.69, 9.17) is 0 Å². The SMILES string of the molecule is CCN=C1S/C(=C\c2cc([N+](=O)[O-])cc(I)c2O)C(=O)N1CC. The molecule has 9 heteroatoms. The van der Waals surface area contributed by atoms with Gasteiger partial charge in [-0.15, -0.1) is 0 Å². The summed E-state index contributed by atoms with van der Waals surface area (Å²) in [5.41, 5.74) is 0.109. The van der Waals surface area contributed by atoms with Gasteiger partial charge in [-0.2, -0.15) is 0 Å². The molecular formula is C14H14IN3O4S. The third kappa shape index (κ3) is 3.66. The van der Waals surface area contributed by atoms with Crippen molar-refractivity contribution < 1.29 is 14.8 Å². The van der Waals surface area contributed by atoms with E-state index in [1.165, 1.54) is 30.0 Å². The van der Waals surface area contributed by atoms with E-state index >= 15 is 0 Å². The van der Waals surface area contributed by atoms with E-state index in [9.17, 15) is 20.0 Å². The van der Waals surface area contributed by atoms with Gasteiger partial charge in [0.25, 0.3) is 11.6 Å². The maximum Gasteiger partial charge on any atom is 0.271 e. The molecule has 1 aliphatic rings. The predicted octanol–water partition coefficient (Wildman–Crippen LogP) is 3.22. The summed E-state index contributed by atoms with van der Waals surface area (Å²) in [6.45, 7) is 4.77. The number of carbonyl (C=O) groups is 1. The van der Waals surface area contributed by atoms with E-state index in [-0.39, 0.29) is 22.9 Å². The van der Waals surface area contributed by atoms with Gasteiger partial charge >= 0.3 is 0 Å². The van der Waals surface area contributed by atoms with Crippen molar-refractivity contribution in [1.82, 2.24) is 4.90 Å². The molecule has 1 fully saturated rings. The van der Waals surface area contributed by atoms with Crippen LogP contribution in [-0.2, 0) is 4.79 Å². The fourth-order valence-corrected chi connectivity index (χ4v) is 3.73. The van der Waals surface area contributed by atoms with Gasteiger partial charge in [0.2, 0.25) is 0 Å². The highest BCUT2D eigenvalue weighted by Gasteiger charge is 2.32. The number of halogens is 1. The molecule has 0 aliphatic carbocycles. The minimum absolute atomic E-state index is 0.0824. The van der Waals surface area contributed by atoms with Crippen LogP contribution in [0, 0.1) is 13.7 Å². The van der Waals surface area contributed by atoms with Crippen LogP contribution in [-0.4, -0.2) is 39.1 Å². The molecule has 0 unspecified atom stereocenters. The highest BCUT2D eigenvalue weighted by Crippen LogP contribution is 2.36. The van der Waals surface area contributed by atoms with Crippen molar-refractivity contribution in [1.29, 1.82) is 0 Å².